The van der Waals surface area contributed by atoms with E-state index in [-0.39, 0.29) is 12.1 Å². The van der Waals surface area contributed by atoms with E-state index >= 15 is 0 Å². The maximum atomic E-state index is 11.9. The summed E-state index contributed by atoms with van der Waals surface area (Å²) in [7, 11) is 0. The van der Waals surface area contributed by atoms with Crippen molar-refractivity contribution in [2.24, 2.45) is 0 Å². The van der Waals surface area contributed by atoms with E-state index in [2.05, 4.69) is 0 Å². The zero-order chi connectivity index (χ0) is 17.5. The van der Waals surface area contributed by atoms with Crippen LogP contribution in [0.15, 0.2) is 48.5 Å². The molecule has 0 saturated heterocycles. The Balaban J connectivity index is 1.97. The number of carbonyl (C=O) groups excluding carboxylic acids is 1. The average Bonchev–Trinajstić information content (AvgIpc) is 2.55. The standard InChI is InChI=1S/C19H21ClO4/c1-4-18(19(21)22-13(2)3)24-17-11-9-16(10-12-17)23-15-7-5-14(20)6-8-15/h5-13,18H,4H2,1-3H3. The van der Waals surface area contributed by atoms with E-state index in [1.54, 1.807) is 48.5 Å². The van der Waals surface area contributed by atoms with E-state index in [0.29, 0.717) is 28.7 Å². The molecule has 0 aliphatic heterocycles. The number of hydrogen-bond acceptors (Lipinski definition) is 4. The first-order valence-electron chi connectivity index (χ1n) is 7.88. The van der Waals surface area contributed by atoms with Gasteiger partial charge in [0.25, 0.3) is 0 Å². The van der Waals surface area contributed by atoms with Gasteiger partial charge in [0, 0.05) is 5.02 Å². The summed E-state index contributed by atoms with van der Waals surface area (Å²) in [6.45, 7) is 5.51. The zero-order valence-corrected chi connectivity index (χ0v) is 14.7. The van der Waals surface area contributed by atoms with Gasteiger partial charge < -0.3 is 14.2 Å². The first-order chi connectivity index (χ1) is 11.5. The normalized spacial score (nSPS) is 11.9. The summed E-state index contributed by atoms with van der Waals surface area (Å²) in [6.07, 6.45) is -0.241. The summed E-state index contributed by atoms with van der Waals surface area (Å²) in [4.78, 5) is 11.9. The van der Waals surface area contributed by atoms with Gasteiger partial charge in [0.1, 0.15) is 17.2 Å². The first-order valence-corrected chi connectivity index (χ1v) is 8.26. The van der Waals surface area contributed by atoms with Gasteiger partial charge in [-0.3, -0.25) is 0 Å². The Labute approximate surface area is 147 Å². The summed E-state index contributed by atoms with van der Waals surface area (Å²) >= 11 is 5.84. The number of carbonyl (C=O) groups is 1. The molecule has 0 aromatic heterocycles. The topological polar surface area (TPSA) is 44.8 Å². The Hall–Kier alpha value is -2.20. The SMILES string of the molecule is CCC(Oc1ccc(Oc2ccc(Cl)cc2)cc1)C(=O)OC(C)C. The van der Waals surface area contributed by atoms with Crippen LogP contribution >= 0.6 is 11.6 Å². The number of esters is 1. The largest absolute Gasteiger partial charge is 0.479 e. The van der Waals surface area contributed by atoms with Crippen LogP contribution in [0.4, 0.5) is 0 Å². The minimum absolute atomic E-state index is 0.162. The maximum absolute atomic E-state index is 11.9. The summed E-state index contributed by atoms with van der Waals surface area (Å²) in [5, 5.41) is 0.657. The molecule has 0 radical (unpaired) electrons. The second-order valence-corrected chi connectivity index (χ2v) is 5.96. The highest BCUT2D eigenvalue weighted by atomic mass is 35.5. The van der Waals surface area contributed by atoms with Gasteiger partial charge in [-0.1, -0.05) is 18.5 Å². The Kier molecular flexibility index (Phi) is 6.50. The fraction of sp³-hybridized carbons (Fsp3) is 0.316. The molecule has 0 saturated carbocycles. The van der Waals surface area contributed by atoms with Crippen molar-refractivity contribution in [3.05, 3.63) is 53.6 Å². The van der Waals surface area contributed by atoms with E-state index < -0.39 is 6.10 Å². The number of ether oxygens (including phenoxy) is 3. The highest BCUT2D eigenvalue weighted by molar-refractivity contribution is 6.30. The molecular weight excluding hydrogens is 328 g/mol. The van der Waals surface area contributed by atoms with Gasteiger partial charge in [0.15, 0.2) is 6.10 Å². The molecule has 5 heteroatoms. The highest BCUT2D eigenvalue weighted by Crippen LogP contribution is 2.25. The molecule has 24 heavy (non-hydrogen) atoms. The Morgan fingerprint density at radius 3 is 1.96 bits per heavy atom. The molecule has 0 aliphatic carbocycles. The van der Waals surface area contributed by atoms with Crippen molar-refractivity contribution >= 4 is 17.6 Å². The van der Waals surface area contributed by atoms with Crippen molar-refractivity contribution in [2.45, 2.75) is 39.4 Å². The predicted octanol–water partition coefficient (Wildman–Crippen LogP) is 5.24. The van der Waals surface area contributed by atoms with Gasteiger partial charge in [-0.05, 0) is 68.8 Å². The second kappa shape index (κ2) is 8.60. The van der Waals surface area contributed by atoms with Crippen LogP contribution in [-0.2, 0) is 9.53 Å². The lowest BCUT2D eigenvalue weighted by Gasteiger charge is -2.18. The molecule has 4 nitrogen and oxygen atoms in total. The number of hydrogen-bond donors (Lipinski definition) is 0. The van der Waals surface area contributed by atoms with Crippen molar-refractivity contribution in [3.8, 4) is 17.2 Å². The van der Waals surface area contributed by atoms with Gasteiger partial charge in [-0.15, -0.1) is 0 Å². The fourth-order valence-electron chi connectivity index (χ4n) is 2.00. The van der Waals surface area contributed by atoms with Crippen molar-refractivity contribution < 1.29 is 19.0 Å². The molecular formula is C19H21ClO4. The molecule has 1 atom stereocenters. The maximum Gasteiger partial charge on any atom is 0.347 e. The Morgan fingerprint density at radius 1 is 0.958 bits per heavy atom. The summed E-state index contributed by atoms with van der Waals surface area (Å²) in [6, 6.07) is 14.2. The zero-order valence-electron chi connectivity index (χ0n) is 14.0. The summed E-state index contributed by atoms with van der Waals surface area (Å²) in [5.74, 6) is 1.60. The molecule has 0 bridgehead atoms. The van der Waals surface area contributed by atoms with Gasteiger partial charge in [-0.25, -0.2) is 4.79 Å². The minimum atomic E-state index is -0.615. The highest BCUT2D eigenvalue weighted by Gasteiger charge is 2.21. The van der Waals surface area contributed by atoms with E-state index in [4.69, 9.17) is 25.8 Å². The molecule has 2 rings (SSSR count). The van der Waals surface area contributed by atoms with Crippen LogP contribution in [0.2, 0.25) is 5.02 Å². The smallest absolute Gasteiger partial charge is 0.347 e. The van der Waals surface area contributed by atoms with Crippen LogP contribution in [0.1, 0.15) is 27.2 Å². The van der Waals surface area contributed by atoms with Crippen molar-refractivity contribution in [3.63, 3.8) is 0 Å². The third-order valence-electron chi connectivity index (χ3n) is 3.14. The van der Waals surface area contributed by atoms with Gasteiger partial charge in [-0.2, -0.15) is 0 Å². The summed E-state index contributed by atoms with van der Waals surface area (Å²) < 4.78 is 16.6. The lowest BCUT2D eigenvalue weighted by atomic mass is 10.2. The quantitative estimate of drug-likeness (QED) is 0.642. The lowest BCUT2D eigenvalue weighted by Crippen LogP contribution is -2.30. The van der Waals surface area contributed by atoms with Crippen LogP contribution in [0, 0.1) is 0 Å². The van der Waals surface area contributed by atoms with E-state index in [9.17, 15) is 4.79 Å². The van der Waals surface area contributed by atoms with Crippen LogP contribution in [0.25, 0.3) is 0 Å². The number of rotatable bonds is 7. The predicted molar refractivity (Wildman–Crippen MR) is 93.9 cm³/mol. The Bertz CT molecular complexity index is 650. The molecule has 0 aliphatic rings. The van der Waals surface area contributed by atoms with Crippen molar-refractivity contribution in [1.29, 1.82) is 0 Å². The van der Waals surface area contributed by atoms with E-state index in [1.807, 2.05) is 20.8 Å². The molecule has 0 heterocycles. The van der Waals surface area contributed by atoms with Crippen molar-refractivity contribution in [2.75, 3.05) is 0 Å². The molecule has 1 unspecified atom stereocenters. The van der Waals surface area contributed by atoms with Crippen LogP contribution in [-0.4, -0.2) is 18.2 Å². The third-order valence-corrected chi connectivity index (χ3v) is 3.39. The van der Waals surface area contributed by atoms with Gasteiger partial charge in [0.05, 0.1) is 6.10 Å². The molecule has 2 aromatic rings. The van der Waals surface area contributed by atoms with Crippen LogP contribution in [0.3, 0.4) is 0 Å². The van der Waals surface area contributed by atoms with Crippen molar-refractivity contribution in [1.82, 2.24) is 0 Å². The Morgan fingerprint density at radius 2 is 1.46 bits per heavy atom. The monoisotopic (exact) mass is 348 g/mol. The second-order valence-electron chi connectivity index (χ2n) is 5.53. The summed E-state index contributed by atoms with van der Waals surface area (Å²) in [5.41, 5.74) is 0. The molecule has 2 aromatic carbocycles. The van der Waals surface area contributed by atoms with Crippen LogP contribution in [0.5, 0.6) is 17.2 Å². The molecule has 0 amide bonds. The van der Waals surface area contributed by atoms with Gasteiger partial charge >= 0.3 is 5.97 Å². The number of halogens is 1. The average molecular weight is 349 g/mol. The van der Waals surface area contributed by atoms with Gasteiger partial charge in [0.2, 0.25) is 0 Å². The molecule has 128 valence electrons. The molecule has 0 N–H and O–H groups in total. The molecule has 0 fully saturated rings. The van der Waals surface area contributed by atoms with Crippen LogP contribution < -0.4 is 9.47 Å². The van der Waals surface area contributed by atoms with E-state index in [0.717, 1.165) is 0 Å². The fourth-order valence-corrected chi connectivity index (χ4v) is 2.12. The minimum Gasteiger partial charge on any atom is -0.479 e. The number of benzene rings is 2. The molecule has 0 spiro atoms. The van der Waals surface area contributed by atoms with E-state index in [1.165, 1.54) is 0 Å². The third kappa shape index (κ3) is 5.46. The first kappa shape index (κ1) is 18.1. The lowest BCUT2D eigenvalue weighted by molar-refractivity contribution is -0.155.